The van der Waals surface area contributed by atoms with Gasteiger partial charge in [-0.15, -0.1) is 0 Å². The van der Waals surface area contributed by atoms with Gasteiger partial charge in [-0.05, 0) is 30.2 Å². The number of methoxy groups -OCH3 is 1. The van der Waals surface area contributed by atoms with Crippen molar-refractivity contribution in [3.8, 4) is 5.75 Å². The van der Waals surface area contributed by atoms with Crippen LogP contribution in [0.15, 0.2) is 36.4 Å². The van der Waals surface area contributed by atoms with Crippen LogP contribution < -0.4 is 4.74 Å². The molecule has 0 aromatic heterocycles. The van der Waals surface area contributed by atoms with E-state index in [0.29, 0.717) is 16.9 Å². The summed E-state index contributed by atoms with van der Waals surface area (Å²) in [5.41, 5.74) is 1.05. The van der Waals surface area contributed by atoms with Crippen LogP contribution in [-0.2, 0) is 4.89 Å². The van der Waals surface area contributed by atoms with Gasteiger partial charge in [-0.2, -0.15) is 0 Å². The molecule has 0 bridgehead atoms. The van der Waals surface area contributed by atoms with Gasteiger partial charge < -0.3 is 4.74 Å². The molecule has 14 heavy (non-hydrogen) atoms. The fourth-order valence-corrected chi connectivity index (χ4v) is 1.16. The molecule has 1 unspecified atom stereocenters. The molecule has 0 heterocycles. The Labute approximate surface area is 87.8 Å². The minimum absolute atomic E-state index is 0.358. The predicted molar refractivity (Wildman–Crippen MR) is 54.3 cm³/mol. The molecule has 0 aliphatic rings. The number of hydrogen-bond donors (Lipinski definition) is 1. The first-order valence-corrected chi connectivity index (χ1v) is 4.16. The smallest absolute Gasteiger partial charge is 0.255 e. The Bertz CT molecular complexity index is 385. The van der Waals surface area contributed by atoms with Crippen molar-refractivity contribution in [1.82, 2.24) is 0 Å². The highest BCUT2D eigenvalue weighted by Gasteiger charge is 2.12. The van der Waals surface area contributed by atoms with Crippen LogP contribution in [0.25, 0.3) is 1.43 Å². The van der Waals surface area contributed by atoms with E-state index in [2.05, 4.69) is 5.26 Å². The average Bonchev–Trinajstić information content (AvgIpc) is 2.35. The summed E-state index contributed by atoms with van der Waals surface area (Å²) in [6.07, 6.45) is -0.733. The van der Waals surface area contributed by atoms with E-state index in [9.17, 15) is 0 Å². The normalized spacial score (nSPS) is 14.9. The minimum atomic E-state index is -0.733. The molecule has 0 radical (unpaired) electrons. The second-order valence-corrected chi connectivity index (χ2v) is 2.93. The molecule has 0 saturated heterocycles. The maximum Gasteiger partial charge on any atom is 0.255 e. The van der Waals surface area contributed by atoms with Crippen LogP contribution >= 0.6 is 0 Å². The van der Waals surface area contributed by atoms with E-state index < -0.39 is 6.10 Å². The lowest BCUT2D eigenvalue weighted by Gasteiger charge is -2.13. The lowest BCUT2D eigenvalue weighted by molar-refractivity contribution is -0.271. The largest absolute Gasteiger partial charge is 0.497 e. The van der Waals surface area contributed by atoms with Crippen molar-refractivity contribution in [1.29, 1.82) is 1.43 Å². The molecule has 1 atom stereocenters. The van der Waals surface area contributed by atoms with Crippen LogP contribution in [0, 0.1) is 0 Å². The highest BCUT2D eigenvalue weighted by atomic mass is 17.1. The lowest BCUT2D eigenvalue weighted by Crippen LogP contribution is -2.02. The molecule has 76 valence electrons. The molecular weight excluding hydrogens is 180 g/mol. The summed E-state index contributed by atoms with van der Waals surface area (Å²) >= 11 is 0. The van der Waals surface area contributed by atoms with Gasteiger partial charge in [0.2, 0.25) is 0 Å². The molecule has 0 aliphatic carbocycles. The summed E-state index contributed by atoms with van der Waals surface area (Å²) in [4.78, 5) is 4.75. The van der Waals surface area contributed by atoms with E-state index >= 15 is 0 Å². The molecule has 1 aromatic rings. The first kappa shape index (κ1) is 7.04. The van der Waals surface area contributed by atoms with E-state index in [0.717, 1.165) is 0 Å². The Hall–Kier alpha value is -1.32. The zero-order valence-corrected chi connectivity index (χ0v) is 8.11. The molecular formula is C11H14O3. The summed E-state index contributed by atoms with van der Waals surface area (Å²) in [5.74, 6) is 0.692. The quantitative estimate of drug-likeness (QED) is 0.448. The van der Waals surface area contributed by atoms with Crippen LogP contribution in [0.2, 0.25) is 0 Å². The van der Waals surface area contributed by atoms with Crippen LogP contribution in [0.1, 0.15) is 21.3 Å². The fourth-order valence-electron chi connectivity index (χ4n) is 1.16. The van der Waals surface area contributed by atoms with Gasteiger partial charge in [0, 0.05) is 0 Å². The highest BCUT2D eigenvalue weighted by molar-refractivity contribution is 5.31. The second-order valence-electron chi connectivity index (χ2n) is 2.93. The average molecular weight is 197 g/mol. The molecule has 1 aromatic carbocycles. The predicted octanol–water partition coefficient (Wildman–Crippen LogP) is 2.80. The van der Waals surface area contributed by atoms with Gasteiger partial charge in [0.1, 0.15) is 11.9 Å². The van der Waals surface area contributed by atoms with Gasteiger partial charge in [-0.3, -0.25) is 5.26 Å². The van der Waals surface area contributed by atoms with Crippen LogP contribution in [0.5, 0.6) is 5.75 Å². The van der Waals surface area contributed by atoms with Gasteiger partial charge in [0.25, 0.3) is 1.43 Å². The van der Waals surface area contributed by atoms with Gasteiger partial charge in [-0.1, -0.05) is 18.7 Å². The summed E-state index contributed by atoms with van der Waals surface area (Å²) in [6, 6.07) is 6.93. The standard InChI is InChI=1S/C11H14O3/c1-8(2)11(14-12)9-4-6-10(13-3)7-5-9/h4-7,11-12H,1H2,2-3H3/i1D2/hD. The van der Waals surface area contributed by atoms with E-state index in [1.807, 2.05) is 0 Å². The molecule has 0 amide bonds. The molecule has 0 fully saturated rings. The summed E-state index contributed by atoms with van der Waals surface area (Å²) in [6.45, 7) is 1.23. The minimum Gasteiger partial charge on any atom is -0.497 e. The molecule has 3 nitrogen and oxygen atoms in total. The van der Waals surface area contributed by atoms with Crippen molar-refractivity contribution in [2.45, 2.75) is 13.0 Å². The topological polar surface area (TPSA) is 38.7 Å². The first-order chi connectivity index (χ1) is 8.10. The van der Waals surface area contributed by atoms with Crippen molar-refractivity contribution in [3.05, 3.63) is 41.9 Å². The van der Waals surface area contributed by atoms with Gasteiger partial charge in [0.15, 0.2) is 0 Å². The van der Waals surface area contributed by atoms with Crippen LogP contribution in [-0.4, -0.2) is 12.4 Å². The molecule has 1 N–H and O–H groups in total. The monoisotopic (exact) mass is 197 g/mol. The van der Waals surface area contributed by atoms with Crippen molar-refractivity contribution in [3.63, 3.8) is 0 Å². The highest BCUT2D eigenvalue weighted by Crippen LogP contribution is 2.24. The van der Waals surface area contributed by atoms with Gasteiger partial charge in [0.05, 0.1) is 9.85 Å². The lowest BCUT2D eigenvalue weighted by atomic mass is 10.0. The number of rotatable bonds is 5. The maximum absolute atomic E-state index is 7.25. The van der Waals surface area contributed by atoms with E-state index in [4.69, 9.17) is 13.8 Å². The van der Waals surface area contributed by atoms with Crippen molar-refractivity contribution in [2.24, 2.45) is 0 Å². The molecule has 0 aliphatic heterocycles. The Morgan fingerprint density at radius 1 is 1.57 bits per heavy atom. The van der Waals surface area contributed by atoms with Crippen molar-refractivity contribution in [2.75, 3.05) is 7.11 Å². The fraction of sp³-hybridized carbons (Fsp3) is 0.273. The summed E-state index contributed by atoms with van der Waals surface area (Å²) in [7, 11) is 1.56. The third-order valence-electron chi connectivity index (χ3n) is 1.91. The van der Waals surface area contributed by atoms with Crippen molar-refractivity contribution >= 4 is 0 Å². The number of ether oxygens (including phenoxy) is 1. The summed E-state index contributed by atoms with van der Waals surface area (Å²) in [5, 5.41) is 3.90. The van der Waals surface area contributed by atoms with Crippen LogP contribution in [0.4, 0.5) is 0 Å². The molecule has 0 saturated carbocycles. The summed E-state index contributed by atoms with van der Waals surface area (Å²) < 4.78 is 26.1. The first-order valence-electron chi connectivity index (χ1n) is 5.57. The second kappa shape index (κ2) is 4.79. The van der Waals surface area contributed by atoms with Crippen LogP contribution in [0.3, 0.4) is 0 Å². The Balaban J connectivity index is 3.01. The van der Waals surface area contributed by atoms with E-state index in [1.54, 1.807) is 38.3 Å². The molecule has 0 spiro atoms. The molecule has 3 heteroatoms. The Kier molecular flexibility index (Phi) is 2.41. The zero-order valence-electron chi connectivity index (χ0n) is 11.1. The van der Waals surface area contributed by atoms with E-state index in [-0.39, 0.29) is 6.53 Å². The van der Waals surface area contributed by atoms with Crippen molar-refractivity contribution < 1.29 is 17.6 Å². The number of hydrogen-bond acceptors (Lipinski definition) is 3. The Morgan fingerprint density at radius 2 is 2.29 bits per heavy atom. The Morgan fingerprint density at radius 3 is 2.79 bits per heavy atom. The number of benzene rings is 1. The SMILES string of the molecule is [2H]OOC(C(C)=C([2H])[2H])c1ccc(OC)cc1. The van der Waals surface area contributed by atoms with Gasteiger partial charge in [-0.25, -0.2) is 4.89 Å². The van der Waals surface area contributed by atoms with Gasteiger partial charge >= 0.3 is 0 Å². The van der Waals surface area contributed by atoms with E-state index in [1.165, 1.54) is 0 Å². The molecule has 1 rings (SSSR count). The third kappa shape index (κ3) is 2.34. The zero-order chi connectivity index (χ0) is 12.8. The third-order valence-corrected chi connectivity index (χ3v) is 1.91. The maximum atomic E-state index is 7.25.